The summed E-state index contributed by atoms with van der Waals surface area (Å²) in [6, 6.07) is 0. The molecule has 2 nitrogen and oxygen atoms in total. The van der Waals surface area contributed by atoms with Gasteiger partial charge in [0.2, 0.25) is 0 Å². The Balaban J connectivity index is 1.65. The van der Waals surface area contributed by atoms with Gasteiger partial charge in [0.15, 0.2) is 0 Å². The van der Waals surface area contributed by atoms with E-state index in [9.17, 15) is 10.2 Å². The van der Waals surface area contributed by atoms with E-state index in [1.54, 1.807) is 11.1 Å². The number of fused-ring (bicyclic) bond motifs is 4. The Kier molecular flexibility index (Phi) is 6.58. The Bertz CT molecular complexity index is 829. The molecule has 0 amide bonds. The molecule has 0 radical (unpaired) electrons. The molecule has 33 heavy (non-hydrogen) atoms. The number of aliphatic hydroxyl groups excluding tert-OH is 2. The van der Waals surface area contributed by atoms with E-state index in [1.807, 2.05) is 6.92 Å². The molecule has 9 atom stereocenters. The van der Waals surface area contributed by atoms with E-state index < -0.39 is 0 Å². The van der Waals surface area contributed by atoms with Crippen molar-refractivity contribution in [3.8, 4) is 0 Å². The highest BCUT2D eigenvalue weighted by atomic mass is 32.1. The highest BCUT2D eigenvalue weighted by molar-refractivity contribution is 7.81. The van der Waals surface area contributed by atoms with Crippen LogP contribution in [-0.4, -0.2) is 27.7 Å². The van der Waals surface area contributed by atoms with E-state index in [4.69, 9.17) is 0 Å². The maximum atomic E-state index is 11.2. The predicted molar refractivity (Wildman–Crippen MR) is 142 cm³/mol. The fraction of sp³-hybridized carbons (Fsp3) is 0.867. The summed E-state index contributed by atoms with van der Waals surface area (Å²) in [4.78, 5) is 0. The van der Waals surface area contributed by atoms with Crippen molar-refractivity contribution >= 4 is 12.6 Å². The van der Waals surface area contributed by atoms with Gasteiger partial charge in [0.05, 0.1) is 12.2 Å². The molecule has 0 aromatic heterocycles. The van der Waals surface area contributed by atoms with Crippen LogP contribution in [0.2, 0.25) is 0 Å². The van der Waals surface area contributed by atoms with Gasteiger partial charge in [0.1, 0.15) is 0 Å². The maximum absolute atomic E-state index is 11.2. The summed E-state index contributed by atoms with van der Waals surface area (Å²) < 4.78 is 0. The Morgan fingerprint density at radius 3 is 2.33 bits per heavy atom. The molecule has 188 valence electrons. The van der Waals surface area contributed by atoms with Crippen LogP contribution in [-0.2, 0) is 0 Å². The van der Waals surface area contributed by atoms with Gasteiger partial charge in [-0.15, -0.1) is 0 Å². The number of aliphatic hydroxyl groups is 2. The number of rotatable bonds is 5. The summed E-state index contributed by atoms with van der Waals surface area (Å²) in [6.45, 7) is 20.6. The van der Waals surface area contributed by atoms with E-state index in [1.165, 1.54) is 38.5 Å². The largest absolute Gasteiger partial charge is 0.393 e. The summed E-state index contributed by atoms with van der Waals surface area (Å²) in [5.41, 5.74) is 5.31. The first kappa shape index (κ1) is 25.8. The molecule has 0 spiro atoms. The van der Waals surface area contributed by atoms with Gasteiger partial charge in [-0.05, 0) is 104 Å². The third-order valence-corrected chi connectivity index (χ3v) is 12.7. The van der Waals surface area contributed by atoms with Crippen LogP contribution in [0.15, 0.2) is 23.3 Å². The van der Waals surface area contributed by atoms with Gasteiger partial charge < -0.3 is 10.2 Å². The molecule has 2 saturated carbocycles. The lowest BCUT2D eigenvalue weighted by Crippen LogP contribution is -2.55. The van der Waals surface area contributed by atoms with Gasteiger partial charge in [-0.1, -0.05) is 64.8 Å². The van der Waals surface area contributed by atoms with Crippen molar-refractivity contribution in [2.24, 2.45) is 39.4 Å². The topological polar surface area (TPSA) is 40.5 Å². The average molecular weight is 475 g/mol. The van der Waals surface area contributed by atoms with Crippen LogP contribution in [0.1, 0.15) is 106 Å². The van der Waals surface area contributed by atoms with Gasteiger partial charge >= 0.3 is 0 Å². The minimum Gasteiger partial charge on any atom is -0.393 e. The third-order valence-electron chi connectivity index (χ3n) is 12.1. The molecule has 0 heterocycles. The minimum absolute atomic E-state index is 0.00327. The molecule has 0 aromatic carbocycles. The van der Waals surface area contributed by atoms with Crippen molar-refractivity contribution in [1.29, 1.82) is 0 Å². The normalized spacial score (nSPS) is 45.0. The second-order valence-electron chi connectivity index (χ2n) is 13.8. The van der Waals surface area contributed by atoms with Crippen molar-refractivity contribution in [2.45, 2.75) is 124 Å². The van der Waals surface area contributed by atoms with Gasteiger partial charge in [0.25, 0.3) is 0 Å². The molecule has 0 aliphatic heterocycles. The SMILES string of the molecule is C=C(C)[C@H](S)C[C@@H](O)[C@@H](C)[C@H]1CC[C@@]2(C)C3=C(CC[C@]12C)[C@@]1(C)CC[C@H](O)C(C)(C)C1CC3. The standard InChI is InChI=1S/C30H50O2S/c1-18(2)24(33)17-23(31)19(3)20-11-15-30(8)22-9-10-25-27(4,5)26(32)13-14-28(25,6)21(22)12-16-29(20,30)7/h19-20,23-26,31-33H,1,9-17H2,2-8H3/t19-,20+,23+,24+,25?,26-,28+,29+,30-/m0/s1. The Morgan fingerprint density at radius 2 is 1.70 bits per heavy atom. The zero-order valence-corrected chi connectivity index (χ0v) is 23.3. The van der Waals surface area contributed by atoms with Crippen LogP contribution in [0.5, 0.6) is 0 Å². The maximum Gasteiger partial charge on any atom is 0.0594 e. The Hall–Kier alpha value is -0.250. The summed E-state index contributed by atoms with van der Waals surface area (Å²) in [5, 5.41) is 22.1. The van der Waals surface area contributed by atoms with Crippen LogP contribution in [0, 0.1) is 39.4 Å². The molecular formula is C30H50O2S. The number of thiol groups is 1. The van der Waals surface area contributed by atoms with Gasteiger partial charge in [-0.2, -0.15) is 12.6 Å². The van der Waals surface area contributed by atoms with E-state index in [2.05, 4.69) is 60.8 Å². The first-order chi connectivity index (χ1) is 15.2. The zero-order chi connectivity index (χ0) is 24.6. The molecule has 0 aromatic rings. The lowest BCUT2D eigenvalue weighted by Gasteiger charge is -2.62. The second kappa shape index (κ2) is 8.41. The molecule has 4 rings (SSSR count). The molecule has 0 bridgehead atoms. The zero-order valence-electron chi connectivity index (χ0n) is 22.4. The number of allylic oxidation sites excluding steroid dienone is 2. The van der Waals surface area contributed by atoms with E-state index in [-0.39, 0.29) is 45.0 Å². The first-order valence-electron chi connectivity index (χ1n) is 13.6. The van der Waals surface area contributed by atoms with E-state index in [0.29, 0.717) is 18.3 Å². The van der Waals surface area contributed by atoms with Gasteiger partial charge in [0, 0.05) is 5.25 Å². The number of hydrogen-bond donors (Lipinski definition) is 3. The fourth-order valence-corrected chi connectivity index (χ4v) is 9.69. The quantitative estimate of drug-likeness (QED) is 0.288. The minimum atomic E-state index is -0.322. The molecule has 2 fully saturated rings. The summed E-state index contributed by atoms with van der Waals surface area (Å²) in [7, 11) is 0. The van der Waals surface area contributed by atoms with Crippen LogP contribution in [0.25, 0.3) is 0 Å². The third kappa shape index (κ3) is 3.65. The summed E-state index contributed by atoms with van der Waals surface area (Å²) in [5.74, 6) is 1.41. The van der Waals surface area contributed by atoms with Crippen molar-refractivity contribution in [3.05, 3.63) is 23.3 Å². The van der Waals surface area contributed by atoms with Crippen molar-refractivity contribution in [1.82, 2.24) is 0 Å². The Morgan fingerprint density at radius 1 is 1.03 bits per heavy atom. The molecule has 0 saturated heterocycles. The molecular weight excluding hydrogens is 424 g/mol. The van der Waals surface area contributed by atoms with Crippen molar-refractivity contribution < 1.29 is 10.2 Å². The van der Waals surface area contributed by atoms with Gasteiger partial charge in [-0.25, -0.2) is 0 Å². The molecule has 4 aliphatic carbocycles. The lowest BCUT2D eigenvalue weighted by molar-refractivity contribution is -0.0970. The molecule has 3 heteroatoms. The predicted octanol–water partition coefficient (Wildman–Crippen LogP) is 7.36. The highest BCUT2D eigenvalue weighted by Crippen LogP contribution is 2.72. The highest BCUT2D eigenvalue weighted by Gasteiger charge is 2.63. The van der Waals surface area contributed by atoms with E-state index in [0.717, 1.165) is 18.4 Å². The summed E-state index contributed by atoms with van der Waals surface area (Å²) in [6.07, 6.45) is 9.62. The van der Waals surface area contributed by atoms with Gasteiger partial charge in [-0.3, -0.25) is 0 Å². The first-order valence-corrected chi connectivity index (χ1v) is 14.1. The molecule has 4 aliphatic rings. The van der Waals surface area contributed by atoms with Crippen molar-refractivity contribution in [3.63, 3.8) is 0 Å². The molecule has 2 N–H and O–H groups in total. The fourth-order valence-electron chi connectivity index (χ4n) is 9.47. The van der Waals surface area contributed by atoms with Crippen LogP contribution >= 0.6 is 12.6 Å². The summed E-state index contributed by atoms with van der Waals surface area (Å²) >= 11 is 4.68. The monoisotopic (exact) mass is 474 g/mol. The Labute approximate surface area is 209 Å². The molecule has 1 unspecified atom stereocenters. The lowest BCUT2D eigenvalue weighted by atomic mass is 9.43. The van der Waals surface area contributed by atoms with E-state index >= 15 is 0 Å². The van der Waals surface area contributed by atoms with Crippen LogP contribution < -0.4 is 0 Å². The van der Waals surface area contributed by atoms with Crippen LogP contribution in [0.3, 0.4) is 0 Å². The smallest absolute Gasteiger partial charge is 0.0594 e. The van der Waals surface area contributed by atoms with Crippen molar-refractivity contribution in [2.75, 3.05) is 0 Å². The number of hydrogen-bond acceptors (Lipinski definition) is 3. The second-order valence-corrected chi connectivity index (χ2v) is 14.4. The average Bonchev–Trinajstić information content (AvgIpc) is 3.02. The van der Waals surface area contributed by atoms with Crippen LogP contribution in [0.4, 0.5) is 0 Å².